The van der Waals surface area contributed by atoms with Gasteiger partial charge in [-0.2, -0.15) is 0 Å². The van der Waals surface area contributed by atoms with Gasteiger partial charge in [0.1, 0.15) is 0 Å². The summed E-state index contributed by atoms with van der Waals surface area (Å²) in [5.41, 5.74) is 0.657. The summed E-state index contributed by atoms with van der Waals surface area (Å²) in [6.45, 7) is 9.59. The number of hydrogen-bond donors (Lipinski definition) is 2. The van der Waals surface area contributed by atoms with E-state index in [-0.39, 0.29) is 0 Å². The Kier molecular flexibility index (Phi) is 4.14. The monoisotopic (exact) mass is 197 g/mol. The molecule has 82 valence electrons. The lowest BCUT2D eigenvalue weighted by molar-refractivity contribution is -0.0110. The summed E-state index contributed by atoms with van der Waals surface area (Å²) < 4.78 is 0. The van der Waals surface area contributed by atoms with E-state index in [0.717, 1.165) is 31.4 Å². The van der Waals surface area contributed by atoms with Crippen molar-refractivity contribution in [2.24, 2.45) is 5.92 Å². The van der Waals surface area contributed by atoms with Gasteiger partial charge < -0.3 is 10.4 Å². The van der Waals surface area contributed by atoms with Crippen molar-refractivity contribution >= 4 is 0 Å². The van der Waals surface area contributed by atoms with Crippen molar-refractivity contribution < 1.29 is 5.11 Å². The molecule has 1 fully saturated rings. The summed E-state index contributed by atoms with van der Waals surface area (Å²) in [6, 6.07) is 0. The van der Waals surface area contributed by atoms with Gasteiger partial charge in [-0.15, -0.1) is 0 Å². The summed E-state index contributed by atoms with van der Waals surface area (Å²) in [7, 11) is 0. The summed E-state index contributed by atoms with van der Waals surface area (Å²) in [4.78, 5) is 0. The third-order valence-corrected chi connectivity index (χ3v) is 2.95. The fraction of sp³-hybridized carbons (Fsp3) is 0.833. The highest BCUT2D eigenvalue weighted by Gasteiger charge is 2.31. The molecular formula is C12H23NO. The predicted octanol–water partition coefficient (Wildman–Crippen LogP) is 2.09. The molecule has 1 rings (SSSR count). The lowest BCUT2D eigenvalue weighted by atomic mass is 9.79. The smallest absolute Gasteiger partial charge is 0.0774 e. The molecule has 1 aliphatic rings. The van der Waals surface area contributed by atoms with Crippen LogP contribution in [-0.2, 0) is 0 Å². The maximum Gasteiger partial charge on any atom is 0.0774 e. The summed E-state index contributed by atoms with van der Waals surface area (Å²) in [5, 5.41) is 13.5. The van der Waals surface area contributed by atoms with Crippen LogP contribution in [-0.4, -0.2) is 23.8 Å². The molecule has 2 heteroatoms. The van der Waals surface area contributed by atoms with E-state index < -0.39 is 5.60 Å². The third kappa shape index (κ3) is 3.81. The van der Waals surface area contributed by atoms with Crippen molar-refractivity contribution in [2.75, 3.05) is 13.1 Å². The van der Waals surface area contributed by atoms with Gasteiger partial charge >= 0.3 is 0 Å². The summed E-state index contributed by atoms with van der Waals surface area (Å²) >= 11 is 0. The van der Waals surface area contributed by atoms with E-state index >= 15 is 0 Å². The van der Waals surface area contributed by atoms with Crippen molar-refractivity contribution in [1.29, 1.82) is 0 Å². The van der Waals surface area contributed by atoms with Gasteiger partial charge in [0, 0.05) is 13.1 Å². The van der Waals surface area contributed by atoms with Gasteiger partial charge in [-0.05, 0) is 25.7 Å². The molecule has 0 aromatic carbocycles. The second kappa shape index (κ2) is 4.94. The zero-order valence-corrected chi connectivity index (χ0v) is 9.47. The first kappa shape index (κ1) is 11.7. The van der Waals surface area contributed by atoms with Crippen LogP contribution in [0.3, 0.4) is 0 Å². The normalized spacial score (nSPS) is 32.9. The van der Waals surface area contributed by atoms with Gasteiger partial charge in [0.15, 0.2) is 0 Å². The lowest BCUT2D eigenvalue weighted by Crippen LogP contribution is -2.44. The van der Waals surface area contributed by atoms with Crippen molar-refractivity contribution in [3.8, 4) is 0 Å². The van der Waals surface area contributed by atoms with Crippen LogP contribution in [0.15, 0.2) is 12.2 Å². The summed E-state index contributed by atoms with van der Waals surface area (Å²) in [6.07, 6.45) is 4.31. The van der Waals surface area contributed by atoms with Crippen molar-refractivity contribution in [3.63, 3.8) is 0 Å². The van der Waals surface area contributed by atoms with Gasteiger partial charge in [-0.1, -0.05) is 31.9 Å². The standard InChI is InChI=1S/C12H23NO/c1-10(2)8-13-9-12(14)6-4-5-11(3)7-12/h11,13-14H,1,4-9H2,2-3H3. The molecule has 2 nitrogen and oxygen atoms in total. The van der Waals surface area contributed by atoms with E-state index in [9.17, 15) is 5.11 Å². The van der Waals surface area contributed by atoms with Crippen LogP contribution in [0, 0.1) is 5.92 Å². The molecule has 1 saturated carbocycles. The quantitative estimate of drug-likeness (QED) is 0.676. The van der Waals surface area contributed by atoms with Gasteiger partial charge in [-0.25, -0.2) is 0 Å². The molecule has 0 saturated heterocycles. The molecule has 0 amide bonds. The molecule has 2 unspecified atom stereocenters. The van der Waals surface area contributed by atoms with E-state index in [1.807, 2.05) is 6.92 Å². The minimum absolute atomic E-state index is 0.465. The fourth-order valence-corrected chi connectivity index (χ4v) is 2.30. The van der Waals surface area contributed by atoms with Gasteiger partial charge in [0.25, 0.3) is 0 Å². The van der Waals surface area contributed by atoms with Crippen LogP contribution in [0.2, 0.25) is 0 Å². The second-order valence-corrected chi connectivity index (χ2v) is 4.99. The molecule has 2 N–H and O–H groups in total. The zero-order valence-electron chi connectivity index (χ0n) is 9.47. The van der Waals surface area contributed by atoms with E-state index in [1.54, 1.807) is 0 Å². The highest BCUT2D eigenvalue weighted by Crippen LogP contribution is 2.31. The van der Waals surface area contributed by atoms with Gasteiger partial charge in [0.05, 0.1) is 5.60 Å². The Hall–Kier alpha value is -0.340. The van der Waals surface area contributed by atoms with Crippen molar-refractivity contribution in [3.05, 3.63) is 12.2 Å². The number of aliphatic hydroxyl groups is 1. The second-order valence-electron chi connectivity index (χ2n) is 4.99. The molecule has 0 radical (unpaired) electrons. The number of hydrogen-bond acceptors (Lipinski definition) is 2. The van der Waals surface area contributed by atoms with E-state index in [0.29, 0.717) is 12.5 Å². The molecule has 0 heterocycles. The number of nitrogens with one attached hydrogen (secondary N) is 1. The van der Waals surface area contributed by atoms with Crippen LogP contribution in [0.25, 0.3) is 0 Å². The summed E-state index contributed by atoms with van der Waals surface area (Å²) in [5.74, 6) is 0.667. The maximum atomic E-state index is 10.3. The predicted molar refractivity (Wildman–Crippen MR) is 60.3 cm³/mol. The van der Waals surface area contributed by atoms with E-state index in [1.165, 1.54) is 6.42 Å². The zero-order chi connectivity index (χ0) is 10.6. The average molecular weight is 197 g/mol. The van der Waals surface area contributed by atoms with E-state index in [2.05, 4.69) is 18.8 Å². The fourth-order valence-electron chi connectivity index (χ4n) is 2.30. The topological polar surface area (TPSA) is 32.3 Å². The van der Waals surface area contributed by atoms with E-state index in [4.69, 9.17) is 0 Å². The largest absolute Gasteiger partial charge is 0.389 e. The van der Waals surface area contributed by atoms with Gasteiger partial charge in [0.2, 0.25) is 0 Å². The molecule has 0 aromatic heterocycles. The molecule has 0 bridgehead atoms. The average Bonchev–Trinajstić information content (AvgIpc) is 2.01. The Morgan fingerprint density at radius 1 is 1.64 bits per heavy atom. The lowest BCUT2D eigenvalue weighted by Gasteiger charge is -2.35. The molecule has 14 heavy (non-hydrogen) atoms. The number of rotatable bonds is 4. The van der Waals surface area contributed by atoms with Gasteiger partial charge in [-0.3, -0.25) is 0 Å². The third-order valence-electron chi connectivity index (χ3n) is 2.95. The highest BCUT2D eigenvalue weighted by molar-refractivity contribution is 4.93. The Balaban J connectivity index is 2.29. The molecule has 1 aliphatic carbocycles. The van der Waals surface area contributed by atoms with Crippen molar-refractivity contribution in [2.45, 2.75) is 45.1 Å². The van der Waals surface area contributed by atoms with Crippen molar-refractivity contribution in [1.82, 2.24) is 5.32 Å². The van der Waals surface area contributed by atoms with Crippen LogP contribution < -0.4 is 5.32 Å². The first-order chi connectivity index (χ1) is 6.52. The molecule has 2 atom stereocenters. The first-order valence-corrected chi connectivity index (χ1v) is 5.59. The molecular weight excluding hydrogens is 174 g/mol. The Bertz CT molecular complexity index is 202. The Morgan fingerprint density at radius 3 is 2.93 bits per heavy atom. The van der Waals surface area contributed by atoms with Crippen LogP contribution >= 0.6 is 0 Å². The van der Waals surface area contributed by atoms with Crippen LogP contribution in [0.4, 0.5) is 0 Å². The molecule has 0 aromatic rings. The maximum absolute atomic E-state index is 10.3. The Morgan fingerprint density at radius 2 is 2.36 bits per heavy atom. The Labute approximate surface area is 87.4 Å². The molecule has 0 spiro atoms. The highest BCUT2D eigenvalue weighted by atomic mass is 16.3. The van der Waals surface area contributed by atoms with Crippen LogP contribution in [0.5, 0.6) is 0 Å². The SMILES string of the molecule is C=C(C)CNCC1(O)CCCC(C)C1. The minimum atomic E-state index is -0.465. The van der Waals surface area contributed by atoms with Crippen LogP contribution in [0.1, 0.15) is 39.5 Å². The first-order valence-electron chi connectivity index (χ1n) is 5.59. The minimum Gasteiger partial charge on any atom is -0.389 e. The molecule has 0 aliphatic heterocycles.